The SMILES string of the molecule is NCC(O)CN.O=[P+]1OCCCCO1. The third-order valence-electron chi connectivity index (χ3n) is 1.48. The van der Waals surface area contributed by atoms with E-state index in [-0.39, 0.29) is 13.1 Å². The van der Waals surface area contributed by atoms with E-state index in [1.54, 1.807) is 0 Å². The van der Waals surface area contributed by atoms with Crippen LogP contribution in [-0.4, -0.2) is 37.5 Å². The van der Waals surface area contributed by atoms with Gasteiger partial charge >= 0.3 is 8.25 Å². The molecule has 1 heterocycles. The van der Waals surface area contributed by atoms with Crippen LogP contribution in [0.4, 0.5) is 0 Å². The van der Waals surface area contributed by atoms with Gasteiger partial charge in [0.2, 0.25) is 0 Å². The zero-order valence-electron chi connectivity index (χ0n) is 8.09. The van der Waals surface area contributed by atoms with Crippen LogP contribution in [0.25, 0.3) is 0 Å². The highest BCUT2D eigenvalue weighted by Gasteiger charge is 2.21. The van der Waals surface area contributed by atoms with E-state index < -0.39 is 14.4 Å². The molecule has 0 aromatic carbocycles. The van der Waals surface area contributed by atoms with Crippen molar-refractivity contribution in [2.24, 2.45) is 11.5 Å². The maximum atomic E-state index is 10.4. The summed E-state index contributed by atoms with van der Waals surface area (Å²) in [6.45, 7) is 1.68. The van der Waals surface area contributed by atoms with E-state index in [1.165, 1.54) is 0 Å². The van der Waals surface area contributed by atoms with Gasteiger partial charge in [-0.05, 0) is 12.8 Å². The Balaban J connectivity index is 0.000000255. The lowest BCUT2D eigenvalue weighted by Crippen LogP contribution is -2.27. The Morgan fingerprint density at radius 3 is 1.93 bits per heavy atom. The van der Waals surface area contributed by atoms with Crippen molar-refractivity contribution in [1.29, 1.82) is 0 Å². The van der Waals surface area contributed by atoms with E-state index in [0.717, 1.165) is 12.8 Å². The summed E-state index contributed by atoms with van der Waals surface area (Å²) in [5.74, 6) is 0. The maximum absolute atomic E-state index is 10.4. The van der Waals surface area contributed by atoms with E-state index in [0.29, 0.717) is 13.2 Å². The van der Waals surface area contributed by atoms with Gasteiger partial charge in [0.15, 0.2) is 0 Å². The fourth-order valence-corrected chi connectivity index (χ4v) is 1.25. The lowest BCUT2D eigenvalue weighted by atomic mass is 10.3. The van der Waals surface area contributed by atoms with E-state index in [2.05, 4.69) is 9.05 Å². The molecule has 14 heavy (non-hydrogen) atoms. The topological polar surface area (TPSA) is 108 Å². The molecule has 0 amide bonds. The second-order valence-corrected chi connectivity index (χ2v) is 3.69. The van der Waals surface area contributed by atoms with Crippen LogP contribution in [-0.2, 0) is 13.6 Å². The Labute approximate surface area is 84.5 Å². The molecule has 0 atom stereocenters. The molecule has 1 saturated heterocycles. The highest BCUT2D eigenvalue weighted by molar-refractivity contribution is 7.33. The third kappa shape index (κ3) is 8.50. The van der Waals surface area contributed by atoms with E-state index in [4.69, 9.17) is 16.6 Å². The molecule has 5 N–H and O–H groups in total. The van der Waals surface area contributed by atoms with Crippen molar-refractivity contribution in [2.75, 3.05) is 26.3 Å². The summed E-state index contributed by atoms with van der Waals surface area (Å²) in [6.07, 6.45) is 1.41. The molecule has 0 unspecified atom stereocenters. The minimum absolute atomic E-state index is 0.260. The molecule has 1 fully saturated rings. The first-order chi connectivity index (χ1) is 6.70. The Morgan fingerprint density at radius 2 is 1.64 bits per heavy atom. The number of rotatable bonds is 2. The van der Waals surface area contributed by atoms with Crippen molar-refractivity contribution in [1.82, 2.24) is 0 Å². The Morgan fingerprint density at radius 1 is 1.21 bits per heavy atom. The van der Waals surface area contributed by atoms with Crippen LogP contribution in [0.3, 0.4) is 0 Å². The normalized spacial score (nSPS) is 17.3. The molecule has 6 nitrogen and oxygen atoms in total. The first-order valence-electron chi connectivity index (χ1n) is 4.52. The molecule has 1 rings (SSSR count). The Hall–Kier alpha value is -0.100. The molecule has 0 bridgehead atoms. The number of nitrogens with two attached hydrogens (primary N) is 2. The summed E-state index contributed by atoms with van der Waals surface area (Å²) >= 11 is 0. The van der Waals surface area contributed by atoms with Gasteiger partial charge in [-0.2, -0.15) is 0 Å². The van der Waals surface area contributed by atoms with Crippen LogP contribution in [0.5, 0.6) is 0 Å². The standard InChI is InChI=1S/C4H8O3P.C3H10N2O/c5-8-6-3-1-2-4-7-8;4-1-3(6)2-5/h1-4H2;3,6H,1-2,4-5H2/q+1;. The molecule has 0 aromatic rings. The summed E-state index contributed by atoms with van der Waals surface area (Å²) in [7, 11) is -1.77. The summed E-state index contributed by atoms with van der Waals surface area (Å²) in [6, 6.07) is 0. The van der Waals surface area contributed by atoms with Crippen LogP contribution < -0.4 is 11.5 Å². The molecule has 0 spiro atoms. The smallest absolute Gasteiger partial charge is 0.390 e. The molecule has 0 radical (unpaired) electrons. The van der Waals surface area contributed by atoms with Crippen LogP contribution >= 0.6 is 8.25 Å². The minimum Gasteiger partial charge on any atom is -0.390 e. The zero-order chi connectivity index (χ0) is 10.8. The van der Waals surface area contributed by atoms with Crippen molar-refractivity contribution in [3.8, 4) is 0 Å². The van der Waals surface area contributed by atoms with Crippen molar-refractivity contribution in [3.05, 3.63) is 0 Å². The molecule has 84 valence electrons. The second kappa shape index (κ2) is 9.45. The van der Waals surface area contributed by atoms with Crippen LogP contribution in [0.1, 0.15) is 12.8 Å². The lowest BCUT2D eigenvalue weighted by Gasteiger charge is -1.98. The summed E-state index contributed by atoms with van der Waals surface area (Å²) in [5.41, 5.74) is 9.91. The Bertz CT molecular complexity index is 145. The highest BCUT2D eigenvalue weighted by Crippen LogP contribution is 2.26. The fraction of sp³-hybridized carbons (Fsp3) is 1.00. The van der Waals surface area contributed by atoms with Gasteiger partial charge in [-0.3, -0.25) is 0 Å². The van der Waals surface area contributed by atoms with Crippen LogP contribution in [0, 0.1) is 0 Å². The van der Waals surface area contributed by atoms with Gasteiger partial charge in [-0.15, -0.1) is 9.05 Å². The summed E-state index contributed by atoms with van der Waals surface area (Å²) in [4.78, 5) is 0. The first kappa shape index (κ1) is 13.9. The average molecular weight is 225 g/mol. The van der Waals surface area contributed by atoms with Gasteiger partial charge < -0.3 is 16.6 Å². The predicted octanol–water partition coefficient (Wildman–Crippen LogP) is -0.265. The van der Waals surface area contributed by atoms with Gasteiger partial charge in [0.1, 0.15) is 13.2 Å². The minimum atomic E-state index is -1.77. The van der Waals surface area contributed by atoms with Crippen LogP contribution in [0.15, 0.2) is 0 Å². The molecule has 0 aliphatic carbocycles. The van der Waals surface area contributed by atoms with Gasteiger partial charge in [0.25, 0.3) is 0 Å². The molecule has 0 aromatic heterocycles. The second-order valence-electron chi connectivity index (χ2n) is 2.72. The number of hydrogen-bond donors (Lipinski definition) is 3. The van der Waals surface area contributed by atoms with Crippen LogP contribution in [0.2, 0.25) is 0 Å². The molecule has 0 saturated carbocycles. The summed E-state index contributed by atoms with van der Waals surface area (Å²) < 4.78 is 19.8. The molecular formula is C7H18N2O4P+. The van der Waals surface area contributed by atoms with Gasteiger partial charge in [-0.1, -0.05) is 0 Å². The van der Waals surface area contributed by atoms with Crippen molar-refractivity contribution < 1.29 is 18.7 Å². The maximum Gasteiger partial charge on any atom is 0.697 e. The fourth-order valence-electron chi connectivity index (χ4n) is 0.616. The van der Waals surface area contributed by atoms with E-state index in [1.807, 2.05) is 0 Å². The zero-order valence-corrected chi connectivity index (χ0v) is 8.99. The predicted molar refractivity (Wildman–Crippen MR) is 52.9 cm³/mol. The monoisotopic (exact) mass is 225 g/mol. The number of hydrogen-bond acceptors (Lipinski definition) is 6. The summed E-state index contributed by atoms with van der Waals surface area (Å²) in [5, 5.41) is 8.42. The van der Waals surface area contributed by atoms with Crippen molar-refractivity contribution >= 4 is 8.25 Å². The lowest BCUT2D eigenvalue weighted by molar-refractivity contribution is 0.191. The van der Waals surface area contributed by atoms with Crippen molar-refractivity contribution in [3.63, 3.8) is 0 Å². The highest BCUT2D eigenvalue weighted by atomic mass is 31.1. The average Bonchev–Trinajstić information content (AvgIpc) is 2.45. The molecule has 1 aliphatic rings. The Kier molecular flexibility index (Phi) is 9.39. The molecule has 1 aliphatic heterocycles. The van der Waals surface area contributed by atoms with Gasteiger partial charge in [-0.25, -0.2) is 0 Å². The largest absolute Gasteiger partial charge is 0.697 e. The number of aliphatic hydroxyl groups excluding tert-OH is 1. The van der Waals surface area contributed by atoms with Gasteiger partial charge in [0, 0.05) is 17.7 Å². The number of aliphatic hydroxyl groups is 1. The quantitative estimate of drug-likeness (QED) is 0.558. The van der Waals surface area contributed by atoms with E-state index >= 15 is 0 Å². The van der Waals surface area contributed by atoms with Crippen molar-refractivity contribution in [2.45, 2.75) is 18.9 Å². The van der Waals surface area contributed by atoms with E-state index in [9.17, 15) is 4.57 Å². The first-order valence-corrected chi connectivity index (χ1v) is 5.61. The molecular weight excluding hydrogens is 207 g/mol. The van der Waals surface area contributed by atoms with Gasteiger partial charge in [0.05, 0.1) is 6.10 Å². The third-order valence-corrected chi connectivity index (χ3v) is 2.26. The molecule has 7 heteroatoms.